The average molecular weight is 222 g/mol. The predicted octanol–water partition coefficient (Wildman–Crippen LogP) is 4.72. The third-order valence-electron chi connectivity index (χ3n) is 3.26. The summed E-state index contributed by atoms with van der Waals surface area (Å²) >= 11 is 0. The first kappa shape index (κ1) is 10.2. The molecule has 0 N–H and O–H groups in total. The standard InChI is InChI=1S/C16H14O/c1-11-8-9-14-10-15(17-16(14)12(11)2)13-6-4-3-5-7-13/h3-10H,1-2H3. The molecular weight excluding hydrogens is 208 g/mol. The van der Waals surface area contributed by atoms with Gasteiger partial charge in [0.05, 0.1) is 0 Å². The lowest BCUT2D eigenvalue weighted by molar-refractivity contribution is 0.628. The second kappa shape index (κ2) is 3.77. The van der Waals surface area contributed by atoms with Gasteiger partial charge < -0.3 is 4.42 Å². The Labute approximate surface area is 101 Å². The average Bonchev–Trinajstić information content (AvgIpc) is 2.80. The van der Waals surface area contributed by atoms with Crippen LogP contribution >= 0.6 is 0 Å². The van der Waals surface area contributed by atoms with Crippen molar-refractivity contribution in [1.29, 1.82) is 0 Å². The number of hydrogen-bond donors (Lipinski definition) is 0. The molecule has 0 aliphatic rings. The second-order valence-electron chi connectivity index (χ2n) is 4.40. The van der Waals surface area contributed by atoms with Crippen molar-refractivity contribution in [3.63, 3.8) is 0 Å². The maximum atomic E-state index is 5.97. The van der Waals surface area contributed by atoms with Crippen LogP contribution in [0.1, 0.15) is 11.1 Å². The highest BCUT2D eigenvalue weighted by Crippen LogP contribution is 2.30. The smallest absolute Gasteiger partial charge is 0.137 e. The van der Waals surface area contributed by atoms with E-state index in [-0.39, 0.29) is 0 Å². The van der Waals surface area contributed by atoms with Crippen molar-refractivity contribution >= 4 is 11.0 Å². The summed E-state index contributed by atoms with van der Waals surface area (Å²) in [4.78, 5) is 0. The fourth-order valence-corrected chi connectivity index (χ4v) is 2.09. The molecule has 0 saturated carbocycles. The lowest BCUT2D eigenvalue weighted by atomic mass is 10.1. The molecule has 0 unspecified atom stereocenters. The molecule has 0 bridgehead atoms. The molecule has 0 amide bonds. The van der Waals surface area contributed by atoms with E-state index in [4.69, 9.17) is 4.42 Å². The fourth-order valence-electron chi connectivity index (χ4n) is 2.09. The number of furan rings is 1. The fraction of sp³-hybridized carbons (Fsp3) is 0.125. The molecule has 0 fully saturated rings. The predicted molar refractivity (Wildman–Crippen MR) is 71.1 cm³/mol. The summed E-state index contributed by atoms with van der Waals surface area (Å²) in [6.45, 7) is 4.22. The second-order valence-corrected chi connectivity index (χ2v) is 4.40. The maximum absolute atomic E-state index is 5.97. The van der Waals surface area contributed by atoms with Gasteiger partial charge in [0.1, 0.15) is 11.3 Å². The van der Waals surface area contributed by atoms with E-state index in [0.29, 0.717) is 0 Å². The van der Waals surface area contributed by atoms with Gasteiger partial charge in [-0.3, -0.25) is 0 Å². The number of aryl methyl sites for hydroxylation is 2. The molecule has 1 nitrogen and oxygen atoms in total. The number of rotatable bonds is 1. The van der Waals surface area contributed by atoms with Crippen LogP contribution in [0.2, 0.25) is 0 Å². The van der Waals surface area contributed by atoms with Gasteiger partial charge in [-0.1, -0.05) is 42.5 Å². The van der Waals surface area contributed by atoms with Gasteiger partial charge in [0, 0.05) is 10.9 Å². The topological polar surface area (TPSA) is 13.1 Å². The zero-order valence-corrected chi connectivity index (χ0v) is 10.0. The largest absolute Gasteiger partial charge is 0.456 e. The Morgan fingerprint density at radius 2 is 1.65 bits per heavy atom. The van der Waals surface area contributed by atoms with E-state index >= 15 is 0 Å². The first-order chi connectivity index (χ1) is 8.25. The Balaban J connectivity index is 2.24. The molecule has 0 aliphatic carbocycles. The first-order valence-electron chi connectivity index (χ1n) is 5.81. The van der Waals surface area contributed by atoms with Crippen molar-refractivity contribution in [3.8, 4) is 11.3 Å². The maximum Gasteiger partial charge on any atom is 0.137 e. The van der Waals surface area contributed by atoms with Crippen LogP contribution in [-0.4, -0.2) is 0 Å². The van der Waals surface area contributed by atoms with E-state index in [2.05, 4.69) is 44.2 Å². The van der Waals surface area contributed by atoms with Gasteiger partial charge in [-0.2, -0.15) is 0 Å². The van der Waals surface area contributed by atoms with Gasteiger partial charge in [0.2, 0.25) is 0 Å². The molecule has 1 heterocycles. The minimum absolute atomic E-state index is 0.939. The Hall–Kier alpha value is -2.02. The van der Waals surface area contributed by atoms with Crippen LogP contribution in [0, 0.1) is 13.8 Å². The van der Waals surface area contributed by atoms with Crippen LogP contribution in [0.5, 0.6) is 0 Å². The van der Waals surface area contributed by atoms with E-state index < -0.39 is 0 Å². The lowest BCUT2D eigenvalue weighted by Crippen LogP contribution is -1.79. The van der Waals surface area contributed by atoms with E-state index in [1.807, 2.05) is 18.2 Å². The van der Waals surface area contributed by atoms with Crippen molar-refractivity contribution in [2.75, 3.05) is 0 Å². The van der Waals surface area contributed by atoms with Crippen LogP contribution in [0.15, 0.2) is 52.9 Å². The van der Waals surface area contributed by atoms with Crippen LogP contribution in [0.4, 0.5) is 0 Å². The monoisotopic (exact) mass is 222 g/mol. The van der Waals surface area contributed by atoms with Crippen LogP contribution in [0.25, 0.3) is 22.3 Å². The SMILES string of the molecule is Cc1ccc2cc(-c3ccccc3)oc2c1C. The zero-order valence-electron chi connectivity index (χ0n) is 10.0. The van der Waals surface area contributed by atoms with Crippen LogP contribution in [-0.2, 0) is 0 Å². The van der Waals surface area contributed by atoms with Crippen LogP contribution < -0.4 is 0 Å². The Bertz CT molecular complexity index is 663. The minimum Gasteiger partial charge on any atom is -0.456 e. The highest BCUT2D eigenvalue weighted by molar-refractivity contribution is 5.86. The molecule has 1 heteroatoms. The van der Waals surface area contributed by atoms with E-state index in [1.165, 1.54) is 16.5 Å². The number of hydrogen-bond acceptors (Lipinski definition) is 1. The zero-order chi connectivity index (χ0) is 11.8. The molecule has 0 radical (unpaired) electrons. The van der Waals surface area contributed by atoms with Gasteiger partial charge in [0.25, 0.3) is 0 Å². The molecule has 1 aromatic heterocycles. The number of benzene rings is 2. The highest BCUT2D eigenvalue weighted by atomic mass is 16.3. The third kappa shape index (κ3) is 1.64. The highest BCUT2D eigenvalue weighted by Gasteiger charge is 2.08. The molecule has 84 valence electrons. The summed E-state index contributed by atoms with van der Waals surface area (Å²) in [5.74, 6) is 0.939. The van der Waals surface area contributed by atoms with Gasteiger partial charge >= 0.3 is 0 Å². The van der Waals surface area contributed by atoms with E-state index in [0.717, 1.165) is 16.9 Å². The van der Waals surface area contributed by atoms with Gasteiger partial charge in [0.15, 0.2) is 0 Å². The third-order valence-corrected chi connectivity index (χ3v) is 3.26. The summed E-state index contributed by atoms with van der Waals surface area (Å²) in [5.41, 5.74) is 4.63. The van der Waals surface area contributed by atoms with Gasteiger partial charge in [-0.25, -0.2) is 0 Å². The molecular formula is C16H14O. The lowest BCUT2D eigenvalue weighted by Gasteiger charge is -1.99. The Morgan fingerprint density at radius 3 is 2.41 bits per heavy atom. The van der Waals surface area contributed by atoms with E-state index in [1.54, 1.807) is 0 Å². The molecule has 3 aromatic rings. The summed E-state index contributed by atoms with van der Waals surface area (Å²) < 4.78 is 5.97. The van der Waals surface area contributed by atoms with Crippen molar-refractivity contribution in [2.24, 2.45) is 0 Å². The summed E-state index contributed by atoms with van der Waals surface area (Å²) in [6, 6.07) is 16.6. The summed E-state index contributed by atoms with van der Waals surface area (Å²) in [5, 5.41) is 1.17. The Morgan fingerprint density at radius 1 is 0.882 bits per heavy atom. The van der Waals surface area contributed by atoms with Gasteiger partial charge in [-0.15, -0.1) is 0 Å². The van der Waals surface area contributed by atoms with Crippen molar-refractivity contribution in [1.82, 2.24) is 0 Å². The first-order valence-corrected chi connectivity index (χ1v) is 5.81. The molecule has 0 aliphatic heterocycles. The summed E-state index contributed by atoms with van der Waals surface area (Å²) in [6.07, 6.45) is 0. The van der Waals surface area contributed by atoms with Crippen molar-refractivity contribution < 1.29 is 4.42 Å². The molecule has 3 rings (SSSR count). The van der Waals surface area contributed by atoms with Crippen LogP contribution in [0.3, 0.4) is 0 Å². The Kier molecular flexibility index (Phi) is 2.25. The molecule has 0 spiro atoms. The normalized spacial score (nSPS) is 10.9. The summed E-state index contributed by atoms with van der Waals surface area (Å²) in [7, 11) is 0. The molecule has 0 saturated heterocycles. The molecule has 17 heavy (non-hydrogen) atoms. The molecule has 0 atom stereocenters. The quantitative estimate of drug-likeness (QED) is 0.580. The number of fused-ring (bicyclic) bond motifs is 1. The van der Waals surface area contributed by atoms with Crippen molar-refractivity contribution in [2.45, 2.75) is 13.8 Å². The molecule has 2 aromatic carbocycles. The van der Waals surface area contributed by atoms with E-state index in [9.17, 15) is 0 Å². The minimum atomic E-state index is 0.939. The van der Waals surface area contributed by atoms with Gasteiger partial charge in [-0.05, 0) is 31.0 Å². The van der Waals surface area contributed by atoms with Crippen molar-refractivity contribution in [3.05, 3.63) is 59.7 Å².